The lowest BCUT2D eigenvalue weighted by Gasteiger charge is -2.30. The zero-order valence-corrected chi connectivity index (χ0v) is 10.3. The fraction of sp³-hybridized carbons (Fsp3) is 0.538. The van der Waals surface area contributed by atoms with E-state index in [1.165, 1.54) is 0 Å². The van der Waals surface area contributed by atoms with Gasteiger partial charge in [-0.2, -0.15) is 0 Å². The molecule has 4 nitrogen and oxygen atoms in total. The minimum absolute atomic E-state index is 0.121. The molecule has 1 fully saturated rings. The molecule has 1 aliphatic heterocycles. The second-order valence-electron chi connectivity index (χ2n) is 4.45. The molecule has 0 saturated carbocycles. The van der Waals surface area contributed by atoms with Gasteiger partial charge in [0.15, 0.2) is 11.5 Å². The largest absolute Gasteiger partial charge is 0.504 e. The first-order chi connectivity index (χ1) is 8.20. The molecule has 1 aliphatic rings. The summed E-state index contributed by atoms with van der Waals surface area (Å²) in [4.78, 5) is 2.24. The Balaban J connectivity index is 2.12. The molecular formula is C13H19NO3. The summed E-state index contributed by atoms with van der Waals surface area (Å²) >= 11 is 0. The molecule has 1 heterocycles. The first kappa shape index (κ1) is 12.0. The monoisotopic (exact) mass is 237 g/mol. The number of phenolic OH excluding ortho intramolecular Hbond substituents is 1. The van der Waals surface area contributed by atoms with Gasteiger partial charge in [0.05, 0.1) is 7.11 Å². The van der Waals surface area contributed by atoms with Crippen molar-refractivity contribution in [3.8, 4) is 17.2 Å². The maximum absolute atomic E-state index is 9.80. The van der Waals surface area contributed by atoms with Crippen molar-refractivity contribution < 1.29 is 14.6 Å². The molecule has 0 radical (unpaired) electrons. The van der Waals surface area contributed by atoms with Crippen LogP contribution in [0, 0.1) is 0 Å². The minimum Gasteiger partial charge on any atom is -0.504 e. The topological polar surface area (TPSA) is 41.9 Å². The Kier molecular flexibility index (Phi) is 3.74. The molecule has 4 heteroatoms. The highest BCUT2D eigenvalue weighted by atomic mass is 16.5. The van der Waals surface area contributed by atoms with Crippen LogP contribution in [0.25, 0.3) is 0 Å². The summed E-state index contributed by atoms with van der Waals surface area (Å²) in [6, 6.07) is 5.15. The summed E-state index contributed by atoms with van der Waals surface area (Å²) in [6.45, 7) is 2.00. The second kappa shape index (κ2) is 5.27. The van der Waals surface area contributed by atoms with Gasteiger partial charge in [-0.25, -0.2) is 0 Å². The number of ether oxygens (including phenoxy) is 2. The first-order valence-corrected chi connectivity index (χ1v) is 5.92. The van der Waals surface area contributed by atoms with E-state index in [1.54, 1.807) is 25.3 Å². The average Bonchev–Trinajstić information content (AvgIpc) is 2.32. The van der Waals surface area contributed by atoms with Crippen LogP contribution in [-0.4, -0.2) is 43.4 Å². The van der Waals surface area contributed by atoms with E-state index >= 15 is 0 Å². The predicted molar refractivity (Wildman–Crippen MR) is 65.8 cm³/mol. The van der Waals surface area contributed by atoms with Crippen LogP contribution >= 0.6 is 0 Å². The zero-order valence-electron chi connectivity index (χ0n) is 10.3. The van der Waals surface area contributed by atoms with Gasteiger partial charge in [-0.15, -0.1) is 0 Å². The van der Waals surface area contributed by atoms with Crippen LogP contribution in [0.2, 0.25) is 0 Å². The number of piperidine rings is 1. The first-order valence-electron chi connectivity index (χ1n) is 5.92. The lowest BCUT2D eigenvalue weighted by Crippen LogP contribution is -2.38. The van der Waals surface area contributed by atoms with Gasteiger partial charge in [-0.1, -0.05) is 6.07 Å². The Morgan fingerprint density at radius 1 is 1.41 bits per heavy atom. The molecule has 94 valence electrons. The molecule has 1 saturated heterocycles. The Labute approximate surface area is 102 Å². The number of nitrogens with zero attached hydrogens (tertiary/aromatic N) is 1. The minimum atomic E-state index is 0.121. The second-order valence-corrected chi connectivity index (χ2v) is 4.45. The summed E-state index contributed by atoms with van der Waals surface area (Å²) in [7, 11) is 3.66. The van der Waals surface area contributed by atoms with E-state index in [4.69, 9.17) is 9.47 Å². The van der Waals surface area contributed by atoms with Gasteiger partial charge in [0.25, 0.3) is 0 Å². The highest BCUT2D eigenvalue weighted by Crippen LogP contribution is 2.37. The summed E-state index contributed by atoms with van der Waals surface area (Å²) in [5.74, 6) is 1.17. The van der Waals surface area contributed by atoms with E-state index in [2.05, 4.69) is 11.9 Å². The summed E-state index contributed by atoms with van der Waals surface area (Å²) in [5.41, 5.74) is 0. The Bertz CT molecular complexity index is 381. The molecule has 17 heavy (non-hydrogen) atoms. The number of benzene rings is 1. The third-order valence-electron chi connectivity index (χ3n) is 3.04. The van der Waals surface area contributed by atoms with Gasteiger partial charge in [0.1, 0.15) is 6.10 Å². The zero-order chi connectivity index (χ0) is 12.3. The average molecular weight is 237 g/mol. The van der Waals surface area contributed by atoms with Crippen molar-refractivity contribution >= 4 is 0 Å². The van der Waals surface area contributed by atoms with E-state index in [1.807, 2.05) is 0 Å². The summed E-state index contributed by atoms with van der Waals surface area (Å²) in [6.07, 6.45) is 2.26. The van der Waals surface area contributed by atoms with E-state index in [0.29, 0.717) is 11.5 Å². The Morgan fingerprint density at radius 2 is 2.24 bits per heavy atom. The number of hydrogen-bond donors (Lipinski definition) is 1. The fourth-order valence-electron chi connectivity index (χ4n) is 2.17. The van der Waals surface area contributed by atoms with Crippen LogP contribution < -0.4 is 9.47 Å². The van der Waals surface area contributed by atoms with Crippen LogP contribution in [-0.2, 0) is 0 Å². The van der Waals surface area contributed by atoms with Crippen molar-refractivity contribution in [2.24, 2.45) is 0 Å². The molecule has 1 aromatic rings. The molecule has 1 N–H and O–H groups in total. The SMILES string of the molecule is COc1cccc(O)c1OC1CCCN(C)C1. The Morgan fingerprint density at radius 3 is 2.94 bits per heavy atom. The molecule has 0 amide bonds. The number of likely N-dealkylation sites (tertiary alicyclic amines) is 1. The summed E-state index contributed by atoms with van der Waals surface area (Å²) in [5, 5.41) is 9.80. The Hall–Kier alpha value is -1.42. The van der Waals surface area contributed by atoms with Crippen molar-refractivity contribution in [1.29, 1.82) is 0 Å². The van der Waals surface area contributed by atoms with E-state index in [-0.39, 0.29) is 11.9 Å². The van der Waals surface area contributed by atoms with Crippen molar-refractivity contribution in [2.45, 2.75) is 18.9 Å². The number of para-hydroxylation sites is 1. The molecule has 2 rings (SSSR count). The number of aromatic hydroxyl groups is 1. The van der Waals surface area contributed by atoms with Gasteiger partial charge < -0.3 is 19.5 Å². The van der Waals surface area contributed by atoms with Crippen molar-refractivity contribution in [1.82, 2.24) is 4.90 Å². The fourth-order valence-corrected chi connectivity index (χ4v) is 2.17. The third kappa shape index (κ3) is 2.82. The molecule has 1 aromatic carbocycles. The predicted octanol–water partition coefficient (Wildman–Crippen LogP) is 1.87. The maximum Gasteiger partial charge on any atom is 0.203 e. The molecule has 1 unspecified atom stereocenters. The molecule has 0 aromatic heterocycles. The lowest BCUT2D eigenvalue weighted by molar-refractivity contribution is 0.0983. The van der Waals surface area contributed by atoms with Gasteiger partial charge in [-0.05, 0) is 38.6 Å². The maximum atomic E-state index is 9.80. The van der Waals surface area contributed by atoms with E-state index in [9.17, 15) is 5.11 Å². The van der Waals surface area contributed by atoms with Crippen LogP contribution in [0.3, 0.4) is 0 Å². The van der Waals surface area contributed by atoms with Crippen molar-refractivity contribution in [3.63, 3.8) is 0 Å². The third-order valence-corrected chi connectivity index (χ3v) is 3.04. The quantitative estimate of drug-likeness (QED) is 0.871. The van der Waals surface area contributed by atoms with Gasteiger partial charge >= 0.3 is 0 Å². The normalized spacial score (nSPS) is 21.2. The number of hydrogen-bond acceptors (Lipinski definition) is 4. The molecule has 1 atom stereocenters. The van der Waals surface area contributed by atoms with Crippen LogP contribution in [0.5, 0.6) is 17.2 Å². The lowest BCUT2D eigenvalue weighted by atomic mass is 10.1. The highest BCUT2D eigenvalue weighted by Gasteiger charge is 2.21. The molecule has 0 aliphatic carbocycles. The standard InChI is InChI=1S/C13H19NO3/c1-14-8-4-5-10(9-14)17-13-11(15)6-3-7-12(13)16-2/h3,6-7,10,15H,4-5,8-9H2,1-2H3. The highest BCUT2D eigenvalue weighted by molar-refractivity contribution is 5.50. The molecule has 0 spiro atoms. The van der Waals surface area contributed by atoms with E-state index < -0.39 is 0 Å². The van der Waals surface area contributed by atoms with Gasteiger partial charge in [-0.3, -0.25) is 0 Å². The number of methoxy groups -OCH3 is 1. The van der Waals surface area contributed by atoms with Crippen molar-refractivity contribution in [2.75, 3.05) is 27.2 Å². The van der Waals surface area contributed by atoms with Gasteiger partial charge in [0, 0.05) is 6.54 Å². The van der Waals surface area contributed by atoms with Crippen LogP contribution in [0.1, 0.15) is 12.8 Å². The van der Waals surface area contributed by atoms with Crippen LogP contribution in [0.4, 0.5) is 0 Å². The number of likely N-dealkylation sites (N-methyl/N-ethyl adjacent to an activating group) is 1. The van der Waals surface area contributed by atoms with E-state index in [0.717, 1.165) is 25.9 Å². The molecular weight excluding hydrogens is 218 g/mol. The molecule has 0 bridgehead atoms. The summed E-state index contributed by atoms with van der Waals surface area (Å²) < 4.78 is 11.1. The number of rotatable bonds is 3. The smallest absolute Gasteiger partial charge is 0.203 e. The van der Waals surface area contributed by atoms with Crippen LogP contribution in [0.15, 0.2) is 18.2 Å². The van der Waals surface area contributed by atoms with Crippen molar-refractivity contribution in [3.05, 3.63) is 18.2 Å². The van der Waals surface area contributed by atoms with Gasteiger partial charge in [0.2, 0.25) is 5.75 Å². The number of phenols is 1.